The Labute approximate surface area is 57.2 Å². The molecule has 0 aromatic rings. The summed E-state index contributed by atoms with van der Waals surface area (Å²) in [5.74, 6) is 0. The van der Waals surface area contributed by atoms with Crippen LogP contribution in [-0.4, -0.2) is 19.9 Å². The topological polar surface area (TPSA) is 9.23 Å². The Morgan fingerprint density at radius 3 is 1.89 bits per heavy atom. The van der Waals surface area contributed by atoms with Crippen molar-refractivity contribution in [2.45, 2.75) is 33.3 Å². The van der Waals surface area contributed by atoms with E-state index in [0.717, 1.165) is 13.0 Å². The third kappa shape index (κ3) is 18.1. The molecule has 0 bridgehead atoms. The Kier molecular flexibility index (Phi) is 14.0. The van der Waals surface area contributed by atoms with E-state index in [2.05, 4.69) is 20.8 Å². The van der Waals surface area contributed by atoms with Gasteiger partial charge in [0.1, 0.15) is 0 Å². The fourth-order valence-corrected chi connectivity index (χ4v) is 0.354. The van der Waals surface area contributed by atoms with Gasteiger partial charge in [0.25, 0.3) is 0 Å². The summed E-state index contributed by atoms with van der Waals surface area (Å²) in [7, 11) is 0.500. The molecule has 0 aliphatic heterocycles. The van der Waals surface area contributed by atoms with Gasteiger partial charge in [-0.05, 0) is 20.3 Å². The molecular weight excluding hydrogens is 119 g/mol. The minimum Gasteiger partial charge on any atom is -0.379 e. The van der Waals surface area contributed by atoms with Gasteiger partial charge >= 0.3 is 0 Å². The van der Waals surface area contributed by atoms with E-state index in [-0.39, 0.29) is 0 Å². The molecule has 0 aromatic heterocycles. The number of rotatable bonds is 3. The van der Waals surface area contributed by atoms with Crippen molar-refractivity contribution in [1.82, 2.24) is 0 Å². The lowest BCUT2D eigenvalue weighted by molar-refractivity contribution is 0.0794. The number of hydrogen-bond acceptors (Lipinski definition) is 1. The highest BCUT2D eigenvalue weighted by Crippen LogP contribution is 1.87. The molecule has 0 atom stereocenters. The van der Waals surface area contributed by atoms with Crippen molar-refractivity contribution in [2.24, 2.45) is 0 Å². The van der Waals surface area contributed by atoms with Crippen LogP contribution >= 0.6 is 0 Å². The Morgan fingerprint density at radius 2 is 1.78 bits per heavy atom. The number of halogens is 1. The van der Waals surface area contributed by atoms with Crippen molar-refractivity contribution in [3.05, 3.63) is 0 Å². The van der Waals surface area contributed by atoms with Crippen LogP contribution in [0.15, 0.2) is 0 Å². The van der Waals surface area contributed by atoms with E-state index in [9.17, 15) is 4.39 Å². The normalized spacial score (nSPS) is 8.67. The molecule has 0 aliphatic carbocycles. The molecule has 0 fully saturated rings. The SMILES string of the molecule is CCCOC(C)C.CF. The second-order valence-corrected chi connectivity index (χ2v) is 1.92. The van der Waals surface area contributed by atoms with Crippen LogP contribution in [0.25, 0.3) is 0 Å². The number of alkyl halides is 1. The van der Waals surface area contributed by atoms with Crippen LogP contribution < -0.4 is 0 Å². The molecule has 0 spiro atoms. The molecule has 0 rings (SSSR count). The lowest BCUT2D eigenvalue weighted by Crippen LogP contribution is -2.01. The quantitative estimate of drug-likeness (QED) is 0.579. The first-order valence-corrected chi connectivity index (χ1v) is 3.26. The first-order valence-electron chi connectivity index (χ1n) is 3.26. The summed E-state index contributed by atoms with van der Waals surface area (Å²) >= 11 is 0. The van der Waals surface area contributed by atoms with Crippen molar-refractivity contribution in [3.63, 3.8) is 0 Å². The lowest BCUT2D eigenvalue weighted by Gasteiger charge is -2.03. The number of ether oxygens (including phenoxy) is 1. The van der Waals surface area contributed by atoms with E-state index in [4.69, 9.17) is 4.74 Å². The van der Waals surface area contributed by atoms with E-state index in [0.29, 0.717) is 13.3 Å². The van der Waals surface area contributed by atoms with Gasteiger partial charge in [0.15, 0.2) is 0 Å². The molecule has 9 heavy (non-hydrogen) atoms. The molecule has 0 heterocycles. The summed E-state index contributed by atoms with van der Waals surface area (Å²) in [6, 6.07) is 0. The molecule has 0 saturated carbocycles. The fraction of sp³-hybridized carbons (Fsp3) is 1.00. The first kappa shape index (κ1) is 11.7. The molecule has 0 amide bonds. The predicted molar refractivity (Wildman–Crippen MR) is 38.4 cm³/mol. The van der Waals surface area contributed by atoms with Crippen molar-refractivity contribution < 1.29 is 9.13 Å². The second kappa shape index (κ2) is 10.8. The van der Waals surface area contributed by atoms with Gasteiger partial charge in [-0.3, -0.25) is 4.39 Å². The van der Waals surface area contributed by atoms with Crippen LogP contribution in [0.3, 0.4) is 0 Å². The summed E-state index contributed by atoms with van der Waals surface area (Å²) in [5, 5.41) is 0. The van der Waals surface area contributed by atoms with Gasteiger partial charge in [-0.1, -0.05) is 6.92 Å². The van der Waals surface area contributed by atoms with E-state index in [1.54, 1.807) is 0 Å². The molecule has 1 nitrogen and oxygen atoms in total. The van der Waals surface area contributed by atoms with Gasteiger partial charge in [-0.15, -0.1) is 0 Å². The third-order valence-electron chi connectivity index (χ3n) is 0.655. The fourth-order valence-electron chi connectivity index (χ4n) is 0.354. The van der Waals surface area contributed by atoms with Crippen LogP contribution in [0.1, 0.15) is 27.2 Å². The van der Waals surface area contributed by atoms with E-state index >= 15 is 0 Å². The Morgan fingerprint density at radius 1 is 1.33 bits per heavy atom. The minimum absolute atomic E-state index is 0.403. The highest BCUT2D eigenvalue weighted by atomic mass is 19.1. The first-order chi connectivity index (χ1) is 4.27. The molecule has 2 heteroatoms. The Hall–Kier alpha value is -0.110. The largest absolute Gasteiger partial charge is 0.379 e. The van der Waals surface area contributed by atoms with Crippen LogP contribution in [0.5, 0.6) is 0 Å². The maximum atomic E-state index is 9.50. The maximum absolute atomic E-state index is 9.50. The van der Waals surface area contributed by atoms with Crippen LogP contribution in [0.4, 0.5) is 4.39 Å². The zero-order valence-electron chi connectivity index (χ0n) is 6.78. The Balaban J connectivity index is 0. The van der Waals surface area contributed by atoms with Gasteiger partial charge in [0, 0.05) is 6.61 Å². The lowest BCUT2D eigenvalue weighted by atomic mass is 10.4. The van der Waals surface area contributed by atoms with Crippen molar-refractivity contribution in [1.29, 1.82) is 0 Å². The summed E-state index contributed by atoms with van der Waals surface area (Å²) < 4.78 is 14.7. The molecule has 0 N–H and O–H groups in total. The van der Waals surface area contributed by atoms with Crippen LogP contribution in [-0.2, 0) is 4.74 Å². The van der Waals surface area contributed by atoms with Gasteiger partial charge in [-0.25, -0.2) is 0 Å². The maximum Gasteiger partial charge on any atom is 0.0785 e. The molecular formula is C7H17FO. The smallest absolute Gasteiger partial charge is 0.0785 e. The summed E-state index contributed by atoms with van der Waals surface area (Å²) in [5.41, 5.74) is 0. The summed E-state index contributed by atoms with van der Waals surface area (Å²) in [6.45, 7) is 7.12. The molecule has 0 radical (unpaired) electrons. The number of hydrogen-bond donors (Lipinski definition) is 0. The van der Waals surface area contributed by atoms with E-state index in [1.165, 1.54) is 0 Å². The van der Waals surface area contributed by atoms with E-state index < -0.39 is 0 Å². The van der Waals surface area contributed by atoms with Gasteiger partial charge in [-0.2, -0.15) is 0 Å². The Bertz CT molecular complexity index is 37.9. The molecule has 58 valence electrons. The zero-order chi connectivity index (χ0) is 7.70. The highest BCUT2D eigenvalue weighted by molar-refractivity contribution is 4.33. The van der Waals surface area contributed by atoms with Crippen LogP contribution in [0, 0.1) is 0 Å². The third-order valence-corrected chi connectivity index (χ3v) is 0.655. The average Bonchev–Trinajstić information content (AvgIpc) is 1.88. The molecule has 0 unspecified atom stereocenters. The minimum atomic E-state index is 0.403. The van der Waals surface area contributed by atoms with Crippen LogP contribution in [0.2, 0.25) is 0 Å². The average molecular weight is 136 g/mol. The standard InChI is InChI=1S/C6H14O.CH3F/c1-4-5-7-6(2)3;1-2/h6H,4-5H2,1-3H3;1H3. The van der Waals surface area contributed by atoms with Crippen molar-refractivity contribution >= 4 is 0 Å². The summed E-state index contributed by atoms with van der Waals surface area (Å²) in [4.78, 5) is 0. The van der Waals surface area contributed by atoms with Gasteiger partial charge < -0.3 is 4.74 Å². The zero-order valence-corrected chi connectivity index (χ0v) is 6.78. The highest BCUT2D eigenvalue weighted by Gasteiger charge is 1.86. The molecule has 0 saturated heterocycles. The molecule has 0 aromatic carbocycles. The predicted octanol–water partition coefficient (Wildman–Crippen LogP) is 2.41. The van der Waals surface area contributed by atoms with Crippen molar-refractivity contribution in [3.8, 4) is 0 Å². The van der Waals surface area contributed by atoms with Gasteiger partial charge in [0.05, 0.1) is 13.3 Å². The molecule has 0 aliphatic rings. The monoisotopic (exact) mass is 136 g/mol. The van der Waals surface area contributed by atoms with Gasteiger partial charge in [0.2, 0.25) is 0 Å². The van der Waals surface area contributed by atoms with E-state index in [1.807, 2.05) is 0 Å². The second-order valence-electron chi connectivity index (χ2n) is 1.92. The van der Waals surface area contributed by atoms with Crippen molar-refractivity contribution in [2.75, 3.05) is 13.8 Å². The summed E-state index contributed by atoms with van der Waals surface area (Å²) in [6.07, 6.45) is 1.53.